The lowest BCUT2D eigenvalue weighted by Crippen LogP contribution is -2.27. The molecule has 1 N–H and O–H groups in total. The highest BCUT2D eigenvalue weighted by molar-refractivity contribution is 5.93. The van der Waals surface area contributed by atoms with Crippen molar-refractivity contribution in [3.63, 3.8) is 0 Å². The van der Waals surface area contributed by atoms with Gasteiger partial charge in [0.2, 0.25) is 0 Å². The van der Waals surface area contributed by atoms with Gasteiger partial charge in [-0.25, -0.2) is 0 Å². The summed E-state index contributed by atoms with van der Waals surface area (Å²) in [6.07, 6.45) is 1.11. The molecule has 0 unspecified atom stereocenters. The summed E-state index contributed by atoms with van der Waals surface area (Å²) in [6.45, 7) is 3.81. The lowest BCUT2D eigenvalue weighted by Gasteiger charge is -2.10. The van der Waals surface area contributed by atoms with Gasteiger partial charge in [-0.3, -0.25) is 14.9 Å². The molecule has 1 atom stereocenters. The first-order valence-corrected chi connectivity index (χ1v) is 8.39. The molecule has 0 saturated carbocycles. The third-order valence-corrected chi connectivity index (χ3v) is 4.10. The van der Waals surface area contributed by atoms with Gasteiger partial charge in [-0.2, -0.15) is 0 Å². The van der Waals surface area contributed by atoms with Gasteiger partial charge in [0.1, 0.15) is 0 Å². The fourth-order valence-electron chi connectivity index (χ4n) is 2.77. The Balaban J connectivity index is 1.64. The molecule has 1 heterocycles. The van der Waals surface area contributed by atoms with E-state index < -0.39 is 6.10 Å². The van der Waals surface area contributed by atoms with Crippen molar-refractivity contribution in [2.24, 2.45) is 5.92 Å². The molecule has 1 amide bonds. The zero-order chi connectivity index (χ0) is 17.8. The lowest BCUT2D eigenvalue weighted by atomic mass is 10.0. The lowest BCUT2D eigenvalue weighted by molar-refractivity contribution is -0.125. The van der Waals surface area contributed by atoms with Crippen LogP contribution in [0.4, 0.5) is 0 Å². The van der Waals surface area contributed by atoms with Gasteiger partial charge in [-0.15, -0.1) is 0 Å². The first-order chi connectivity index (χ1) is 12.0. The van der Waals surface area contributed by atoms with Gasteiger partial charge in [0.15, 0.2) is 17.8 Å². The topological polar surface area (TPSA) is 55.4 Å². The molecule has 0 aliphatic carbocycles. The highest BCUT2D eigenvalue weighted by Gasteiger charge is 2.32. The second kappa shape index (κ2) is 7.34. The third-order valence-electron chi connectivity index (χ3n) is 4.10. The number of amides is 1. The molecule has 0 radical (unpaired) electrons. The van der Waals surface area contributed by atoms with Gasteiger partial charge in [-0.1, -0.05) is 68.4 Å². The molecule has 4 nitrogen and oxygen atoms in total. The average molecular weight is 335 g/mol. The van der Waals surface area contributed by atoms with Crippen molar-refractivity contribution in [1.82, 2.24) is 5.32 Å². The largest absolute Gasteiger partial charge is 0.465 e. The minimum absolute atomic E-state index is 0.0616. The van der Waals surface area contributed by atoms with Crippen molar-refractivity contribution >= 4 is 11.7 Å². The molecular weight excluding hydrogens is 314 g/mol. The van der Waals surface area contributed by atoms with Crippen molar-refractivity contribution < 1.29 is 14.3 Å². The van der Waals surface area contributed by atoms with Gasteiger partial charge in [-0.05, 0) is 22.6 Å². The number of hydrogen-bond acceptors (Lipinski definition) is 3. The van der Waals surface area contributed by atoms with Crippen LogP contribution in [0.5, 0.6) is 0 Å². The Bertz CT molecular complexity index is 792. The Kier molecular flexibility index (Phi) is 4.98. The van der Waals surface area contributed by atoms with Crippen LogP contribution in [-0.4, -0.2) is 17.8 Å². The van der Waals surface area contributed by atoms with E-state index in [1.807, 2.05) is 56.3 Å². The monoisotopic (exact) mass is 335 g/mol. The average Bonchev–Trinajstić information content (AvgIpc) is 2.96. The number of allylic oxidation sites excluding steroid dienone is 1. The second-order valence-electron chi connectivity index (χ2n) is 6.49. The van der Waals surface area contributed by atoms with Crippen molar-refractivity contribution in [3.8, 4) is 11.1 Å². The molecule has 3 rings (SSSR count). The SMILES string of the molecule is CC(C)[C@@H]1O/C(=C/C(=O)Cc2ccc(-c3ccccc3)cc2)NC1=O. The fourth-order valence-corrected chi connectivity index (χ4v) is 2.77. The number of carbonyl (C=O) groups is 2. The molecule has 0 spiro atoms. The maximum atomic E-state index is 12.2. The fraction of sp³-hybridized carbons (Fsp3) is 0.238. The van der Waals surface area contributed by atoms with Crippen LogP contribution in [0.3, 0.4) is 0 Å². The Hall–Kier alpha value is -2.88. The molecule has 2 aromatic rings. The van der Waals surface area contributed by atoms with Crippen LogP contribution >= 0.6 is 0 Å². The molecule has 1 aliphatic rings. The summed E-state index contributed by atoms with van der Waals surface area (Å²) in [5, 5.41) is 2.61. The molecular formula is C21H21NO3. The number of ether oxygens (including phenoxy) is 1. The van der Waals surface area contributed by atoms with E-state index in [0.717, 1.165) is 16.7 Å². The number of hydrogen-bond donors (Lipinski definition) is 1. The maximum absolute atomic E-state index is 12.2. The van der Waals surface area contributed by atoms with Crippen molar-refractivity contribution in [1.29, 1.82) is 0 Å². The Morgan fingerprint density at radius 3 is 2.32 bits per heavy atom. The molecule has 4 heteroatoms. The molecule has 0 bridgehead atoms. The number of rotatable bonds is 5. The van der Waals surface area contributed by atoms with E-state index in [2.05, 4.69) is 17.4 Å². The summed E-state index contributed by atoms with van der Waals surface area (Å²) in [5.41, 5.74) is 3.18. The summed E-state index contributed by atoms with van der Waals surface area (Å²) in [5.74, 6) is 0.00886. The maximum Gasteiger partial charge on any atom is 0.268 e. The van der Waals surface area contributed by atoms with Gasteiger partial charge in [0.05, 0.1) is 0 Å². The predicted octanol–water partition coefficient (Wildman–Crippen LogP) is 3.48. The van der Waals surface area contributed by atoms with Crippen LogP contribution in [0, 0.1) is 5.92 Å². The Morgan fingerprint density at radius 2 is 1.72 bits per heavy atom. The van der Waals surface area contributed by atoms with Crippen LogP contribution in [-0.2, 0) is 20.7 Å². The van der Waals surface area contributed by atoms with E-state index in [1.54, 1.807) is 0 Å². The summed E-state index contributed by atoms with van der Waals surface area (Å²) in [4.78, 5) is 23.9. The summed E-state index contributed by atoms with van der Waals surface area (Å²) < 4.78 is 5.50. The molecule has 2 aromatic carbocycles. The molecule has 1 aliphatic heterocycles. The number of carbonyl (C=O) groups excluding carboxylic acids is 2. The van der Waals surface area contributed by atoms with E-state index in [0.29, 0.717) is 0 Å². The molecule has 1 fully saturated rings. The van der Waals surface area contributed by atoms with E-state index in [9.17, 15) is 9.59 Å². The van der Waals surface area contributed by atoms with E-state index >= 15 is 0 Å². The first-order valence-electron chi connectivity index (χ1n) is 8.39. The van der Waals surface area contributed by atoms with Crippen LogP contribution in [0.15, 0.2) is 66.6 Å². The highest BCUT2D eigenvalue weighted by Crippen LogP contribution is 2.20. The number of ketones is 1. The second-order valence-corrected chi connectivity index (χ2v) is 6.49. The van der Waals surface area contributed by atoms with Crippen LogP contribution < -0.4 is 5.32 Å². The van der Waals surface area contributed by atoms with E-state index in [1.165, 1.54) is 6.08 Å². The van der Waals surface area contributed by atoms with Crippen molar-refractivity contribution in [2.75, 3.05) is 0 Å². The zero-order valence-electron chi connectivity index (χ0n) is 14.4. The number of benzene rings is 2. The Morgan fingerprint density at radius 1 is 1.08 bits per heavy atom. The molecule has 25 heavy (non-hydrogen) atoms. The van der Waals surface area contributed by atoms with Crippen LogP contribution in [0.25, 0.3) is 11.1 Å². The highest BCUT2D eigenvalue weighted by atomic mass is 16.5. The van der Waals surface area contributed by atoms with E-state index in [4.69, 9.17) is 4.74 Å². The zero-order valence-corrected chi connectivity index (χ0v) is 14.4. The van der Waals surface area contributed by atoms with E-state index in [-0.39, 0.29) is 29.9 Å². The summed E-state index contributed by atoms with van der Waals surface area (Å²) >= 11 is 0. The Labute approximate surface area is 147 Å². The summed E-state index contributed by atoms with van der Waals surface area (Å²) in [7, 11) is 0. The number of nitrogens with one attached hydrogen (secondary N) is 1. The minimum atomic E-state index is -0.524. The third kappa shape index (κ3) is 4.15. The van der Waals surface area contributed by atoms with Gasteiger partial charge >= 0.3 is 0 Å². The van der Waals surface area contributed by atoms with Crippen molar-refractivity contribution in [3.05, 3.63) is 72.1 Å². The van der Waals surface area contributed by atoms with Gasteiger partial charge in [0.25, 0.3) is 5.91 Å². The summed E-state index contributed by atoms with van der Waals surface area (Å²) in [6, 6.07) is 18.0. The van der Waals surface area contributed by atoms with Crippen LogP contribution in [0.1, 0.15) is 19.4 Å². The van der Waals surface area contributed by atoms with Gasteiger partial charge in [0, 0.05) is 12.5 Å². The molecule has 1 saturated heterocycles. The normalized spacial score (nSPS) is 18.3. The predicted molar refractivity (Wildman–Crippen MR) is 96.5 cm³/mol. The molecule has 128 valence electrons. The minimum Gasteiger partial charge on any atom is -0.465 e. The quantitative estimate of drug-likeness (QED) is 0.851. The smallest absolute Gasteiger partial charge is 0.268 e. The molecule has 0 aromatic heterocycles. The van der Waals surface area contributed by atoms with Gasteiger partial charge < -0.3 is 4.74 Å². The van der Waals surface area contributed by atoms with Crippen molar-refractivity contribution in [2.45, 2.75) is 26.4 Å². The first kappa shape index (κ1) is 17.0. The standard InChI is InChI=1S/C21H21NO3/c1-14(2)20-21(24)22-19(25-20)13-18(23)12-15-8-10-17(11-9-15)16-6-4-3-5-7-16/h3-11,13-14,20H,12H2,1-2H3,(H,22,24)/b19-13+/t20-/m0/s1. The van der Waals surface area contributed by atoms with Crippen LogP contribution in [0.2, 0.25) is 0 Å².